The first kappa shape index (κ1) is 21.1. The average molecular weight is 452 g/mol. The van der Waals surface area contributed by atoms with Gasteiger partial charge >= 0.3 is 0 Å². The number of aryl methyl sites for hydroxylation is 1. The zero-order chi connectivity index (χ0) is 21.8. The molecule has 0 saturated carbocycles. The monoisotopic (exact) mass is 451 g/mol. The molecule has 0 aliphatic rings. The van der Waals surface area contributed by atoms with Gasteiger partial charge in [0, 0.05) is 5.69 Å². The van der Waals surface area contributed by atoms with Crippen LogP contribution in [0.3, 0.4) is 0 Å². The summed E-state index contributed by atoms with van der Waals surface area (Å²) in [6.45, 7) is 2.34. The first-order chi connectivity index (χ1) is 15.0. The number of ether oxygens (including phenoxy) is 1. The van der Waals surface area contributed by atoms with Crippen molar-refractivity contribution < 1.29 is 9.53 Å². The molecule has 0 bridgehead atoms. The van der Waals surface area contributed by atoms with Gasteiger partial charge in [-0.1, -0.05) is 36.0 Å². The molecule has 0 radical (unpaired) electrons. The second-order valence-corrected chi connectivity index (χ2v) is 8.83. The van der Waals surface area contributed by atoms with Crippen LogP contribution >= 0.6 is 23.1 Å². The fraction of sp³-hybridized carbons (Fsp3) is 0.174. The lowest BCUT2D eigenvalue weighted by molar-refractivity contribution is -0.113. The van der Waals surface area contributed by atoms with E-state index in [2.05, 4.69) is 10.3 Å². The van der Waals surface area contributed by atoms with Crippen molar-refractivity contribution in [3.63, 3.8) is 0 Å². The number of nitrogens with zero attached hydrogens (tertiary/aromatic N) is 2. The standard InChI is InChI=1S/C23H21N3O3S2/c1-15-4-3-5-17(12-15)24-20(27)14-31-23-25-19-10-11-30-21(19)22(28)26(23)13-16-6-8-18(29-2)9-7-16/h3-12H,13-14H2,1-2H3,(H,24,27). The fourth-order valence-corrected chi connectivity index (χ4v) is 4.71. The molecule has 4 aromatic rings. The number of rotatable bonds is 7. The average Bonchev–Trinajstić information content (AvgIpc) is 3.24. The molecule has 0 aliphatic heterocycles. The van der Waals surface area contributed by atoms with E-state index in [1.807, 2.05) is 66.9 Å². The van der Waals surface area contributed by atoms with Gasteiger partial charge in [0.2, 0.25) is 5.91 Å². The number of aromatic nitrogens is 2. The minimum absolute atomic E-state index is 0.0996. The molecule has 0 fully saturated rings. The third-order valence-electron chi connectivity index (χ3n) is 4.66. The topological polar surface area (TPSA) is 73.2 Å². The number of carbonyl (C=O) groups excluding carboxylic acids is 1. The lowest BCUT2D eigenvalue weighted by Crippen LogP contribution is -2.24. The minimum atomic E-state index is -0.147. The number of nitrogens with one attached hydrogen (secondary N) is 1. The Morgan fingerprint density at radius 1 is 1.19 bits per heavy atom. The normalized spacial score (nSPS) is 10.9. The van der Waals surface area contributed by atoms with E-state index in [-0.39, 0.29) is 17.2 Å². The summed E-state index contributed by atoms with van der Waals surface area (Å²) in [5.41, 5.74) is 3.33. The number of thioether (sulfide) groups is 1. The highest BCUT2D eigenvalue weighted by molar-refractivity contribution is 7.99. The van der Waals surface area contributed by atoms with Crippen molar-refractivity contribution in [3.8, 4) is 5.75 Å². The highest BCUT2D eigenvalue weighted by atomic mass is 32.2. The number of anilines is 1. The van der Waals surface area contributed by atoms with Crippen molar-refractivity contribution in [1.82, 2.24) is 9.55 Å². The van der Waals surface area contributed by atoms with Gasteiger partial charge in [-0.3, -0.25) is 14.2 Å². The van der Waals surface area contributed by atoms with Crippen molar-refractivity contribution in [3.05, 3.63) is 81.5 Å². The first-order valence-electron chi connectivity index (χ1n) is 9.64. The molecule has 31 heavy (non-hydrogen) atoms. The molecular weight excluding hydrogens is 430 g/mol. The molecule has 6 nitrogen and oxygen atoms in total. The summed E-state index contributed by atoms with van der Waals surface area (Å²) in [4.78, 5) is 30.2. The maximum atomic E-state index is 13.1. The number of methoxy groups -OCH3 is 1. The van der Waals surface area contributed by atoms with Gasteiger partial charge in [0.15, 0.2) is 5.16 Å². The Morgan fingerprint density at radius 2 is 2.00 bits per heavy atom. The summed E-state index contributed by atoms with van der Waals surface area (Å²) < 4.78 is 7.45. The van der Waals surface area contributed by atoms with E-state index in [0.717, 1.165) is 22.6 Å². The molecule has 1 N–H and O–H groups in total. The molecule has 2 aromatic heterocycles. The zero-order valence-corrected chi connectivity index (χ0v) is 18.8. The lowest BCUT2D eigenvalue weighted by atomic mass is 10.2. The Balaban J connectivity index is 1.57. The second kappa shape index (κ2) is 9.36. The molecule has 1 amide bonds. The van der Waals surface area contributed by atoms with Gasteiger partial charge in [-0.05, 0) is 53.8 Å². The Hall–Kier alpha value is -3.10. The van der Waals surface area contributed by atoms with Crippen LogP contribution in [0.2, 0.25) is 0 Å². The van der Waals surface area contributed by atoms with Crippen LogP contribution in [0.5, 0.6) is 5.75 Å². The van der Waals surface area contributed by atoms with Crippen molar-refractivity contribution >= 4 is 44.9 Å². The molecule has 0 aliphatic carbocycles. The molecule has 0 unspecified atom stereocenters. The van der Waals surface area contributed by atoms with Crippen molar-refractivity contribution in [2.75, 3.05) is 18.2 Å². The molecule has 0 atom stereocenters. The summed E-state index contributed by atoms with van der Waals surface area (Å²) in [5, 5.41) is 5.27. The SMILES string of the molecule is COc1ccc(Cn2c(SCC(=O)Nc3cccc(C)c3)nc3ccsc3c2=O)cc1. The van der Waals surface area contributed by atoms with E-state index >= 15 is 0 Å². The maximum absolute atomic E-state index is 13.1. The van der Waals surface area contributed by atoms with Gasteiger partial charge < -0.3 is 10.1 Å². The molecule has 0 saturated heterocycles. The third-order valence-corrected chi connectivity index (χ3v) is 6.53. The van der Waals surface area contributed by atoms with Gasteiger partial charge in [0.05, 0.1) is 24.9 Å². The Morgan fingerprint density at radius 3 is 2.74 bits per heavy atom. The van der Waals surface area contributed by atoms with Crippen LogP contribution in [0, 0.1) is 6.92 Å². The third kappa shape index (κ3) is 4.98. The number of amides is 1. The minimum Gasteiger partial charge on any atom is -0.497 e. The largest absolute Gasteiger partial charge is 0.497 e. The molecule has 158 valence electrons. The highest BCUT2D eigenvalue weighted by Gasteiger charge is 2.15. The van der Waals surface area contributed by atoms with Crippen LogP contribution in [-0.2, 0) is 11.3 Å². The number of benzene rings is 2. The Labute approximate surface area is 187 Å². The Bertz CT molecular complexity index is 1280. The molecule has 2 heterocycles. The van der Waals surface area contributed by atoms with Gasteiger partial charge in [0.1, 0.15) is 10.4 Å². The summed E-state index contributed by atoms with van der Waals surface area (Å²) in [7, 11) is 1.62. The molecule has 0 spiro atoms. The van der Waals surface area contributed by atoms with E-state index in [1.165, 1.54) is 23.1 Å². The summed E-state index contributed by atoms with van der Waals surface area (Å²) >= 11 is 2.63. The van der Waals surface area contributed by atoms with Gasteiger partial charge in [0.25, 0.3) is 5.56 Å². The Kier molecular flexibility index (Phi) is 6.39. The van der Waals surface area contributed by atoms with Crippen LogP contribution in [-0.4, -0.2) is 28.3 Å². The molecule has 4 rings (SSSR count). The van der Waals surface area contributed by atoms with Crippen molar-refractivity contribution in [2.24, 2.45) is 0 Å². The number of thiophene rings is 1. The van der Waals surface area contributed by atoms with E-state index in [9.17, 15) is 9.59 Å². The number of hydrogen-bond donors (Lipinski definition) is 1. The number of hydrogen-bond acceptors (Lipinski definition) is 6. The lowest BCUT2D eigenvalue weighted by Gasteiger charge is -2.13. The van der Waals surface area contributed by atoms with E-state index < -0.39 is 0 Å². The van der Waals surface area contributed by atoms with Crippen molar-refractivity contribution in [2.45, 2.75) is 18.6 Å². The van der Waals surface area contributed by atoms with E-state index in [4.69, 9.17) is 4.74 Å². The zero-order valence-electron chi connectivity index (χ0n) is 17.1. The quantitative estimate of drug-likeness (QED) is 0.330. The van der Waals surface area contributed by atoms with Gasteiger partial charge in [-0.25, -0.2) is 4.98 Å². The summed E-state index contributed by atoms with van der Waals surface area (Å²) in [6, 6.07) is 17.0. The first-order valence-corrected chi connectivity index (χ1v) is 11.5. The smallest absolute Gasteiger partial charge is 0.272 e. The molecule has 2 aromatic carbocycles. The predicted molar refractivity (Wildman–Crippen MR) is 127 cm³/mol. The molecule has 8 heteroatoms. The summed E-state index contributed by atoms with van der Waals surface area (Å²) in [5.74, 6) is 0.759. The van der Waals surface area contributed by atoms with Crippen molar-refractivity contribution in [1.29, 1.82) is 0 Å². The maximum Gasteiger partial charge on any atom is 0.272 e. The fourth-order valence-electron chi connectivity index (χ4n) is 3.14. The number of carbonyl (C=O) groups is 1. The van der Waals surface area contributed by atoms with Crippen LogP contribution in [0.4, 0.5) is 5.69 Å². The van der Waals surface area contributed by atoms with E-state index in [0.29, 0.717) is 21.9 Å². The number of fused-ring (bicyclic) bond motifs is 1. The highest BCUT2D eigenvalue weighted by Crippen LogP contribution is 2.22. The van der Waals surface area contributed by atoms with Crippen LogP contribution in [0.25, 0.3) is 10.2 Å². The predicted octanol–water partition coefficient (Wildman–Crippen LogP) is 4.55. The van der Waals surface area contributed by atoms with Crippen LogP contribution < -0.4 is 15.6 Å². The second-order valence-electron chi connectivity index (χ2n) is 6.98. The van der Waals surface area contributed by atoms with Crippen LogP contribution in [0.1, 0.15) is 11.1 Å². The van der Waals surface area contributed by atoms with E-state index in [1.54, 1.807) is 11.7 Å². The van der Waals surface area contributed by atoms with Gasteiger partial charge in [-0.15, -0.1) is 11.3 Å². The van der Waals surface area contributed by atoms with Crippen LogP contribution in [0.15, 0.2) is 69.9 Å². The molecular formula is C23H21N3O3S2. The summed E-state index contributed by atoms with van der Waals surface area (Å²) in [6.07, 6.45) is 0. The van der Waals surface area contributed by atoms with Gasteiger partial charge in [-0.2, -0.15) is 0 Å².